The number of aliphatic carboxylic acids is 1. The van der Waals surface area contributed by atoms with Crippen LogP contribution >= 0.6 is 0 Å². The fourth-order valence-corrected chi connectivity index (χ4v) is 3.20. The highest BCUT2D eigenvalue weighted by atomic mass is 16.5. The molecule has 2 amide bonds. The Bertz CT molecular complexity index is 1030. The van der Waals surface area contributed by atoms with E-state index in [1.165, 1.54) is 0 Å². The molecule has 0 radical (unpaired) electrons. The number of amides is 2. The zero-order chi connectivity index (χ0) is 22.1. The molecule has 31 heavy (non-hydrogen) atoms. The molecule has 3 aromatic rings. The normalized spacial score (nSPS) is 11.6. The van der Waals surface area contributed by atoms with Crippen LogP contribution in [0, 0.1) is 0 Å². The fraction of sp³-hybridized carbons (Fsp3) is 0.261. The van der Waals surface area contributed by atoms with Crippen LogP contribution in [0.25, 0.3) is 10.9 Å². The third-order valence-electron chi connectivity index (χ3n) is 4.79. The first-order chi connectivity index (χ1) is 15.0. The second-order valence-electron chi connectivity index (χ2n) is 7.11. The minimum absolute atomic E-state index is 0.0939. The number of ether oxygens (including phenoxy) is 1. The van der Waals surface area contributed by atoms with Crippen LogP contribution in [0.1, 0.15) is 24.0 Å². The van der Waals surface area contributed by atoms with Gasteiger partial charge in [-0.1, -0.05) is 48.5 Å². The number of carbonyl (C=O) groups excluding carboxylic acids is 2. The SMILES string of the molecule is O=C(CCCNC(=O)OCc1ccccc1)NC(Cc1c[nH]c2ccccc12)C(=O)O. The number of alkyl carbamates (subject to hydrolysis) is 1. The van der Waals surface area contributed by atoms with E-state index in [2.05, 4.69) is 15.6 Å². The van der Waals surface area contributed by atoms with Gasteiger partial charge < -0.3 is 25.5 Å². The van der Waals surface area contributed by atoms with E-state index in [-0.39, 0.29) is 31.9 Å². The van der Waals surface area contributed by atoms with E-state index in [9.17, 15) is 19.5 Å². The lowest BCUT2D eigenvalue weighted by Crippen LogP contribution is -2.42. The van der Waals surface area contributed by atoms with Crippen LogP contribution < -0.4 is 10.6 Å². The van der Waals surface area contributed by atoms with Gasteiger partial charge >= 0.3 is 12.1 Å². The van der Waals surface area contributed by atoms with Crippen molar-refractivity contribution in [1.29, 1.82) is 0 Å². The lowest BCUT2D eigenvalue weighted by Gasteiger charge is -2.14. The number of carboxylic acids is 1. The number of nitrogens with one attached hydrogen (secondary N) is 3. The molecule has 1 aromatic heterocycles. The maximum Gasteiger partial charge on any atom is 0.407 e. The van der Waals surface area contributed by atoms with Gasteiger partial charge in [0.05, 0.1) is 0 Å². The van der Waals surface area contributed by atoms with Gasteiger partial charge in [0, 0.05) is 36.5 Å². The summed E-state index contributed by atoms with van der Waals surface area (Å²) in [5, 5.41) is 15.6. The number of para-hydroxylation sites is 1. The molecule has 4 N–H and O–H groups in total. The Hall–Kier alpha value is -3.81. The van der Waals surface area contributed by atoms with Crippen LogP contribution in [0.15, 0.2) is 60.8 Å². The van der Waals surface area contributed by atoms with Crippen molar-refractivity contribution >= 4 is 28.9 Å². The molecule has 0 spiro atoms. The van der Waals surface area contributed by atoms with Crippen molar-refractivity contribution in [3.8, 4) is 0 Å². The Morgan fingerprint density at radius 1 is 1.03 bits per heavy atom. The molecular formula is C23H25N3O5. The maximum atomic E-state index is 12.2. The van der Waals surface area contributed by atoms with Crippen molar-refractivity contribution in [3.05, 3.63) is 71.9 Å². The van der Waals surface area contributed by atoms with Gasteiger partial charge in [0.1, 0.15) is 12.6 Å². The molecule has 0 aliphatic rings. The van der Waals surface area contributed by atoms with Crippen LogP contribution in [0.3, 0.4) is 0 Å². The Morgan fingerprint density at radius 2 is 1.77 bits per heavy atom. The van der Waals surface area contributed by atoms with Gasteiger partial charge in [0.15, 0.2) is 0 Å². The number of benzene rings is 2. The number of rotatable bonds is 10. The van der Waals surface area contributed by atoms with Crippen LogP contribution in [0.2, 0.25) is 0 Å². The summed E-state index contributed by atoms with van der Waals surface area (Å²) in [6.45, 7) is 0.419. The number of aromatic nitrogens is 1. The molecule has 0 saturated heterocycles. The van der Waals surface area contributed by atoms with Crippen molar-refractivity contribution in [3.63, 3.8) is 0 Å². The fourth-order valence-electron chi connectivity index (χ4n) is 3.20. The molecular weight excluding hydrogens is 398 g/mol. The highest BCUT2D eigenvalue weighted by molar-refractivity contribution is 5.86. The van der Waals surface area contributed by atoms with Crippen molar-refractivity contribution in [2.45, 2.75) is 31.9 Å². The first kappa shape index (κ1) is 21.9. The number of hydrogen-bond acceptors (Lipinski definition) is 4. The van der Waals surface area contributed by atoms with E-state index in [1.807, 2.05) is 54.6 Å². The van der Waals surface area contributed by atoms with Crippen molar-refractivity contribution < 1.29 is 24.2 Å². The molecule has 3 rings (SSSR count). The number of carbonyl (C=O) groups is 3. The quantitative estimate of drug-likeness (QED) is 0.374. The number of fused-ring (bicyclic) bond motifs is 1. The van der Waals surface area contributed by atoms with E-state index in [0.29, 0.717) is 6.42 Å². The first-order valence-electron chi connectivity index (χ1n) is 10.0. The first-order valence-corrected chi connectivity index (χ1v) is 10.0. The molecule has 1 unspecified atom stereocenters. The average molecular weight is 423 g/mol. The zero-order valence-electron chi connectivity index (χ0n) is 17.0. The van der Waals surface area contributed by atoms with E-state index < -0.39 is 18.1 Å². The van der Waals surface area contributed by atoms with E-state index >= 15 is 0 Å². The molecule has 2 aromatic carbocycles. The standard InChI is InChI=1S/C23H25N3O5/c27-21(11-6-12-24-23(30)31-15-16-7-2-1-3-8-16)26-20(22(28)29)13-17-14-25-19-10-5-4-9-18(17)19/h1-5,7-10,14,20,25H,6,11-13,15H2,(H,24,30)(H,26,27)(H,28,29). The molecule has 8 nitrogen and oxygen atoms in total. The summed E-state index contributed by atoms with van der Waals surface area (Å²) < 4.78 is 5.09. The van der Waals surface area contributed by atoms with Crippen molar-refractivity contribution in [2.24, 2.45) is 0 Å². The molecule has 1 heterocycles. The second kappa shape index (κ2) is 10.8. The summed E-state index contributed by atoms with van der Waals surface area (Å²) in [5.41, 5.74) is 2.62. The van der Waals surface area contributed by atoms with Gasteiger partial charge in [-0.2, -0.15) is 0 Å². The van der Waals surface area contributed by atoms with Gasteiger partial charge in [-0.3, -0.25) is 4.79 Å². The summed E-state index contributed by atoms with van der Waals surface area (Å²) >= 11 is 0. The lowest BCUT2D eigenvalue weighted by molar-refractivity contribution is -0.141. The minimum atomic E-state index is -1.10. The molecule has 0 bridgehead atoms. The van der Waals surface area contributed by atoms with Gasteiger partial charge in [-0.25, -0.2) is 9.59 Å². The second-order valence-corrected chi connectivity index (χ2v) is 7.11. The Labute approximate surface area is 179 Å². The Balaban J connectivity index is 1.39. The molecule has 1 atom stereocenters. The average Bonchev–Trinajstić information content (AvgIpc) is 3.18. The number of H-pyrrole nitrogens is 1. The number of carboxylic acid groups (broad SMARTS) is 1. The highest BCUT2D eigenvalue weighted by Crippen LogP contribution is 2.19. The number of aromatic amines is 1. The van der Waals surface area contributed by atoms with Crippen LogP contribution in [-0.2, 0) is 27.4 Å². The van der Waals surface area contributed by atoms with E-state index in [4.69, 9.17) is 4.74 Å². The minimum Gasteiger partial charge on any atom is -0.480 e. The molecule has 0 aliphatic heterocycles. The van der Waals surface area contributed by atoms with Gasteiger partial charge in [0.2, 0.25) is 5.91 Å². The van der Waals surface area contributed by atoms with E-state index in [0.717, 1.165) is 22.0 Å². The molecule has 162 valence electrons. The van der Waals surface area contributed by atoms with Crippen LogP contribution in [0.4, 0.5) is 4.79 Å². The van der Waals surface area contributed by atoms with E-state index in [1.54, 1.807) is 6.20 Å². The Kier molecular flexibility index (Phi) is 7.64. The summed E-state index contributed by atoms with van der Waals surface area (Å²) in [4.78, 5) is 38.6. The van der Waals surface area contributed by atoms with Crippen molar-refractivity contribution in [1.82, 2.24) is 15.6 Å². The van der Waals surface area contributed by atoms with Gasteiger partial charge in [0.25, 0.3) is 0 Å². The monoisotopic (exact) mass is 423 g/mol. The van der Waals surface area contributed by atoms with Crippen LogP contribution in [-0.4, -0.2) is 40.6 Å². The third-order valence-corrected chi connectivity index (χ3v) is 4.79. The number of hydrogen-bond donors (Lipinski definition) is 4. The van der Waals surface area contributed by atoms with Crippen molar-refractivity contribution in [2.75, 3.05) is 6.54 Å². The lowest BCUT2D eigenvalue weighted by atomic mass is 10.0. The predicted octanol–water partition coefficient (Wildman–Crippen LogP) is 2.99. The summed E-state index contributed by atoms with van der Waals surface area (Å²) in [6, 6.07) is 15.9. The highest BCUT2D eigenvalue weighted by Gasteiger charge is 2.21. The Morgan fingerprint density at radius 3 is 2.55 bits per heavy atom. The van der Waals surface area contributed by atoms with Gasteiger partial charge in [-0.05, 0) is 23.6 Å². The molecule has 0 fully saturated rings. The summed E-state index contributed by atoms with van der Waals surface area (Å²) in [6.07, 6.45) is 1.84. The summed E-state index contributed by atoms with van der Waals surface area (Å²) in [7, 11) is 0. The smallest absolute Gasteiger partial charge is 0.407 e. The van der Waals surface area contributed by atoms with Gasteiger partial charge in [-0.15, -0.1) is 0 Å². The maximum absolute atomic E-state index is 12.2. The third kappa shape index (κ3) is 6.60. The predicted molar refractivity (Wildman–Crippen MR) is 115 cm³/mol. The molecule has 0 aliphatic carbocycles. The topological polar surface area (TPSA) is 121 Å². The van der Waals surface area contributed by atoms with Crippen LogP contribution in [0.5, 0.6) is 0 Å². The zero-order valence-corrected chi connectivity index (χ0v) is 17.0. The summed E-state index contributed by atoms with van der Waals surface area (Å²) in [5.74, 6) is -1.48. The largest absolute Gasteiger partial charge is 0.480 e. The molecule has 8 heteroatoms. The molecule has 0 saturated carbocycles.